The second-order valence-electron chi connectivity index (χ2n) is 5.98. The van der Waals surface area contributed by atoms with Gasteiger partial charge < -0.3 is 0 Å². The fourth-order valence-corrected chi connectivity index (χ4v) is 2.96. The molecule has 6 heteroatoms. The summed E-state index contributed by atoms with van der Waals surface area (Å²) >= 11 is 0. The molecule has 0 unspecified atom stereocenters. The van der Waals surface area contributed by atoms with Gasteiger partial charge in [-0.1, -0.05) is 54.6 Å². The lowest BCUT2D eigenvalue weighted by atomic mass is 10.1. The molecule has 0 radical (unpaired) electrons. The summed E-state index contributed by atoms with van der Waals surface area (Å²) in [5.41, 5.74) is 3.99. The Balaban J connectivity index is 1.70. The Hall–Kier alpha value is -3.93. The maximum Gasteiger partial charge on any atom is 0.206 e. The van der Waals surface area contributed by atoms with Gasteiger partial charge in [-0.3, -0.25) is 4.98 Å². The molecule has 4 aromatic rings. The highest BCUT2D eigenvalue weighted by Crippen LogP contribution is 2.24. The molecule has 27 heavy (non-hydrogen) atoms. The van der Waals surface area contributed by atoms with E-state index in [0.717, 1.165) is 17.0 Å². The van der Waals surface area contributed by atoms with Gasteiger partial charge in [-0.15, -0.1) is 10.2 Å². The van der Waals surface area contributed by atoms with Crippen molar-refractivity contribution >= 4 is 17.1 Å². The minimum atomic E-state index is 0.595. The van der Waals surface area contributed by atoms with Gasteiger partial charge in [0.15, 0.2) is 0 Å². The Morgan fingerprint density at radius 3 is 2.15 bits per heavy atom. The van der Waals surface area contributed by atoms with Crippen LogP contribution in [0, 0.1) is 0 Å². The summed E-state index contributed by atoms with van der Waals surface area (Å²) in [6.07, 6.45) is 1.73. The van der Waals surface area contributed by atoms with Crippen molar-refractivity contribution in [1.29, 1.82) is 0 Å². The van der Waals surface area contributed by atoms with Crippen LogP contribution in [0.2, 0.25) is 0 Å². The van der Waals surface area contributed by atoms with Gasteiger partial charge >= 0.3 is 0 Å². The van der Waals surface area contributed by atoms with Crippen molar-refractivity contribution in [1.82, 2.24) is 19.9 Å². The zero-order valence-electron chi connectivity index (χ0n) is 14.3. The van der Waals surface area contributed by atoms with E-state index in [-0.39, 0.29) is 0 Å². The first-order chi connectivity index (χ1) is 13.4. The fraction of sp³-hybridized carbons (Fsp3) is 0. The summed E-state index contributed by atoms with van der Waals surface area (Å²) in [7, 11) is 0. The van der Waals surface area contributed by atoms with Crippen LogP contribution in [-0.4, -0.2) is 31.3 Å². The molecule has 0 bridgehead atoms. The van der Waals surface area contributed by atoms with Gasteiger partial charge in [-0.2, -0.15) is 9.78 Å². The van der Waals surface area contributed by atoms with Gasteiger partial charge in [0.2, 0.25) is 11.6 Å². The van der Waals surface area contributed by atoms with Crippen LogP contribution in [0.3, 0.4) is 0 Å². The third-order valence-corrected chi connectivity index (χ3v) is 4.22. The zero-order valence-corrected chi connectivity index (χ0v) is 14.3. The minimum absolute atomic E-state index is 0.595. The van der Waals surface area contributed by atoms with Gasteiger partial charge in [-0.05, 0) is 24.3 Å². The minimum Gasteiger partial charge on any atom is -0.253 e. The van der Waals surface area contributed by atoms with E-state index in [4.69, 9.17) is 10.1 Å². The first-order valence-electron chi connectivity index (χ1n) is 8.56. The molecule has 0 aliphatic carbocycles. The molecule has 0 fully saturated rings. The quantitative estimate of drug-likeness (QED) is 0.565. The highest BCUT2D eigenvalue weighted by Gasteiger charge is 2.30. The van der Waals surface area contributed by atoms with Gasteiger partial charge in [-0.25, -0.2) is 4.99 Å². The molecule has 0 N–H and O–H groups in total. The largest absolute Gasteiger partial charge is 0.253 e. The van der Waals surface area contributed by atoms with E-state index in [1.54, 1.807) is 10.9 Å². The lowest BCUT2D eigenvalue weighted by Crippen LogP contribution is -2.13. The first-order valence-corrected chi connectivity index (χ1v) is 8.56. The van der Waals surface area contributed by atoms with Crippen LogP contribution >= 0.6 is 0 Å². The van der Waals surface area contributed by atoms with E-state index in [2.05, 4.69) is 15.2 Å². The van der Waals surface area contributed by atoms with Crippen molar-refractivity contribution in [2.24, 2.45) is 10.1 Å². The number of rotatable bonds is 3. The van der Waals surface area contributed by atoms with Crippen LogP contribution in [0.25, 0.3) is 11.5 Å². The third kappa shape index (κ3) is 2.73. The molecule has 0 atom stereocenters. The molecule has 5 rings (SSSR count). The Morgan fingerprint density at radius 1 is 0.704 bits per heavy atom. The van der Waals surface area contributed by atoms with Crippen LogP contribution in [0.4, 0.5) is 5.69 Å². The molecule has 0 saturated heterocycles. The van der Waals surface area contributed by atoms with E-state index in [9.17, 15) is 0 Å². The molecule has 0 saturated carbocycles. The predicted molar refractivity (Wildman–Crippen MR) is 104 cm³/mol. The molecule has 128 valence electrons. The highest BCUT2D eigenvalue weighted by atomic mass is 15.5. The topological polar surface area (TPSA) is 68.3 Å². The molecule has 6 nitrogen and oxygen atoms in total. The number of benzene rings is 2. The van der Waals surface area contributed by atoms with Crippen molar-refractivity contribution in [3.63, 3.8) is 0 Å². The van der Waals surface area contributed by atoms with Gasteiger partial charge in [0, 0.05) is 11.8 Å². The van der Waals surface area contributed by atoms with Crippen LogP contribution in [0.1, 0.15) is 11.4 Å². The molecule has 3 heterocycles. The second-order valence-corrected chi connectivity index (χ2v) is 5.98. The highest BCUT2D eigenvalue weighted by molar-refractivity contribution is 6.54. The Labute approximate surface area is 155 Å². The average molecular weight is 350 g/mol. The average Bonchev–Trinajstić information content (AvgIpc) is 3.30. The molecule has 0 amide bonds. The number of hydrogen-bond donors (Lipinski definition) is 0. The second kappa shape index (κ2) is 6.42. The Bertz CT molecular complexity index is 1150. The number of fused-ring (bicyclic) bond motifs is 1. The maximum absolute atomic E-state index is 4.81. The number of aromatic nitrogens is 4. The number of pyridine rings is 1. The van der Waals surface area contributed by atoms with E-state index in [1.165, 1.54) is 0 Å². The fourth-order valence-electron chi connectivity index (χ4n) is 2.96. The van der Waals surface area contributed by atoms with E-state index in [0.29, 0.717) is 23.1 Å². The third-order valence-electron chi connectivity index (χ3n) is 4.22. The van der Waals surface area contributed by atoms with Crippen LogP contribution < -0.4 is 0 Å². The molecule has 2 aromatic carbocycles. The van der Waals surface area contributed by atoms with Crippen molar-refractivity contribution in [2.45, 2.75) is 0 Å². The van der Waals surface area contributed by atoms with Crippen LogP contribution in [0.15, 0.2) is 95.2 Å². The summed E-state index contributed by atoms with van der Waals surface area (Å²) in [6.45, 7) is 0. The molecule has 1 aliphatic rings. The summed E-state index contributed by atoms with van der Waals surface area (Å²) < 4.78 is 1.71. The maximum atomic E-state index is 4.81. The van der Waals surface area contributed by atoms with Crippen molar-refractivity contribution < 1.29 is 0 Å². The van der Waals surface area contributed by atoms with Crippen LogP contribution in [0.5, 0.6) is 0 Å². The molecular formula is C21H14N6. The molecule has 2 aromatic heterocycles. The molecular weight excluding hydrogens is 336 g/mol. The summed E-state index contributed by atoms with van der Waals surface area (Å²) in [4.78, 5) is 9.18. The van der Waals surface area contributed by atoms with Crippen molar-refractivity contribution in [3.05, 3.63) is 96.4 Å². The Kier molecular flexibility index (Phi) is 3.65. The van der Waals surface area contributed by atoms with Gasteiger partial charge in [0.1, 0.15) is 17.1 Å². The molecule has 1 aliphatic heterocycles. The summed E-state index contributed by atoms with van der Waals surface area (Å²) in [5, 5.41) is 13.4. The normalized spacial score (nSPS) is 14.2. The van der Waals surface area contributed by atoms with Crippen LogP contribution in [-0.2, 0) is 0 Å². The van der Waals surface area contributed by atoms with Crippen molar-refractivity contribution in [2.75, 3.05) is 0 Å². The Morgan fingerprint density at radius 2 is 1.41 bits per heavy atom. The van der Waals surface area contributed by atoms with Crippen molar-refractivity contribution in [3.8, 4) is 11.5 Å². The van der Waals surface area contributed by atoms with E-state index in [1.807, 2.05) is 78.9 Å². The van der Waals surface area contributed by atoms with E-state index >= 15 is 0 Å². The lowest BCUT2D eigenvalue weighted by molar-refractivity contribution is 0.886. The summed E-state index contributed by atoms with van der Waals surface area (Å²) in [5.74, 6) is 1.20. The zero-order chi connectivity index (χ0) is 18.1. The number of aliphatic imine (C=N–C) groups is 1. The monoisotopic (exact) mass is 350 g/mol. The summed E-state index contributed by atoms with van der Waals surface area (Å²) in [6, 6.07) is 25.4. The van der Waals surface area contributed by atoms with Gasteiger partial charge in [0.25, 0.3) is 0 Å². The first kappa shape index (κ1) is 15.3. The number of para-hydroxylation sites is 1. The standard InChI is InChI=1S/C21H14N6/c1-3-9-15(10-4-1)18-19(23-16-11-5-2-6-12-16)21-25-24-20(27(21)26-18)17-13-7-8-14-22-17/h1-14H. The number of nitrogens with zero attached hydrogens (tertiary/aromatic N) is 6. The molecule has 0 spiro atoms. The number of hydrogen-bond acceptors (Lipinski definition) is 5. The predicted octanol–water partition coefficient (Wildman–Crippen LogP) is 3.73. The SMILES string of the molecule is c1ccc(N=C2C(c3ccccc3)=Nn3c2nnc3-c2ccccn2)cc1. The smallest absolute Gasteiger partial charge is 0.206 e. The van der Waals surface area contributed by atoms with E-state index < -0.39 is 0 Å². The van der Waals surface area contributed by atoms with Gasteiger partial charge in [0.05, 0.1) is 5.69 Å². The lowest BCUT2D eigenvalue weighted by Gasteiger charge is -2.02.